The molecule has 2 aliphatic heterocycles. The minimum absolute atomic E-state index is 0.206. The van der Waals surface area contributed by atoms with Gasteiger partial charge in [-0.1, -0.05) is 11.8 Å². The van der Waals surface area contributed by atoms with Crippen LogP contribution in [-0.2, 0) is 19.7 Å². The van der Waals surface area contributed by atoms with Gasteiger partial charge in [-0.3, -0.25) is 9.80 Å². The molecule has 2 heterocycles. The molecule has 0 bridgehead atoms. The number of hydrogen-bond donors (Lipinski definition) is 0. The van der Waals surface area contributed by atoms with Crippen LogP contribution in [0, 0.1) is 11.8 Å². The van der Waals surface area contributed by atoms with E-state index in [0.717, 1.165) is 0 Å². The second kappa shape index (κ2) is 6.87. The summed E-state index contributed by atoms with van der Waals surface area (Å²) in [5, 5.41) is -0.646. The molecule has 2 saturated heterocycles. The third-order valence-electron chi connectivity index (χ3n) is 4.37. The Hall–Kier alpha value is -0.620. The zero-order valence-electron chi connectivity index (χ0n) is 13.2. The third-order valence-corrected chi connectivity index (χ3v) is 8.62. The zero-order chi connectivity index (χ0) is 16.4. The Kier molecular flexibility index (Phi) is 5.54. The van der Waals surface area contributed by atoms with Gasteiger partial charge in [0.15, 0.2) is 19.7 Å². The van der Waals surface area contributed by atoms with Crippen molar-refractivity contribution in [3.63, 3.8) is 0 Å². The van der Waals surface area contributed by atoms with Crippen molar-refractivity contribution in [2.45, 2.75) is 24.3 Å². The minimum Gasteiger partial charge on any atom is -0.290 e. The van der Waals surface area contributed by atoms with Crippen LogP contribution in [0.3, 0.4) is 0 Å². The van der Waals surface area contributed by atoms with Crippen molar-refractivity contribution in [3.05, 3.63) is 0 Å². The van der Waals surface area contributed by atoms with E-state index in [-0.39, 0.29) is 22.0 Å². The summed E-state index contributed by atoms with van der Waals surface area (Å²) in [5.41, 5.74) is 0. The summed E-state index contributed by atoms with van der Waals surface area (Å²) >= 11 is 0. The van der Waals surface area contributed by atoms with E-state index >= 15 is 0 Å². The summed E-state index contributed by atoms with van der Waals surface area (Å²) in [6.45, 7) is 6.78. The highest BCUT2D eigenvalue weighted by Crippen LogP contribution is 2.12. The average molecular weight is 348 g/mol. The van der Waals surface area contributed by atoms with E-state index in [2.05, 4.69) is 21.6 Å². The average Bonchev–Trinajstić information content (AvgIpc) is 2.43. The van der Waals surface area contributed by atoms with Gasteiger partial charge in [0.1, 0.15) is 0 Å². The molecule has 0 unspecified atom stereocenters. The molecule has 2 fully saturated rings. The Morgan fingerprint density at radius 1 is 0.818 bits per heavy atom. The van der Waals surface area contributed by atoms with E-state index in [1.807, 2.05) is 0 Å². The molecule has 0 aromatic rings. The third kappa shape index (κ3) is 4.44. The Bertz CT molecular complexity index is 605. The van der Waals surface area contributed by atoms with Crippen molar-refractivity contribution < 1.29 is 16.8 Å². The van der Waals surface area contributed by atoms with Gasteiger partial charge in [-0.05, 0) is 13.8 Å². The van der Waals surface area contributed by atoms with E-state index in [4.69, 9.17) is 0 Å². The van der Waals surface area contributed by atoms with Crippen LogP contribution in [0.4, 0.5) is 0 Å². The summed E-state index contributed by atoms with van der Waals surface area (Å²) < 4.78 is 46.5. The molecular weight excluding hydrogens is 324 g/mol. The van der Waals surface area contributed by atoms with E-state index < -0.39 is 19.7 Å². The largest absolute Gasteiger partial charge is 0.290 e. The van der Waals surface area contributed by atoms with Crippen LogP contribution < -0.4 is 0 Å². The van der Waals surface area contributed by atoms with Crippen molar-refractivity contribution in [3.8, 4) is 11.8 Å². The van der Waals surface area contributed by atoms with Crippen LogP contribution in [0.15, 0.2) is 0 Å². The summed E-state index contributed by atoms with van der Waals surface area (Å²) in [5.74, 6) is 6.56. The van der Waals surface area contributed by atoms with Gasteiger partial charge >= 0.3 is 0 Å². The van der Waals surface area contributed by atoms with Crippen LogP contribution in [0.2, 0.25) is 0 Å². The SMILES string of the molecule is C[C@@H]1CN(CC#CCN2CCS(=O)(=O)[C@H](C)C2)CCS1(=O)=O. The molecule has 6 nitrogen and oxygen atoms in total. The van der Waals surface area contributed by atoms with E-state index in [1.165, 1.54) is 0 Å². The lowest BCUT2D eigenvalue weighted by Gasteiger charge is -2.29. The van der Waals surface area contributed by atoms with Gasteiger partial charge in [-0.25, -0.2) is 16.8 Å². The standard InChI is InChI=1S/C14H24N2O4S2/c1-13-11-15(7-9-21(13,17)18)5-3-4-6-16-8-10-22(19,20)14(2)12-16/h13-14H,5-12H2,1-2H3/t13-,14-/m1/s1. The smallest absolute Gasteiger partial charge is 0.155 e. The first-order valence-electron chi connectivity index (χ1n) is 7.54. The van der Waals surface area contributed by atoms with E-state index in [1.54, 1.807) is 13.8 Å². The van der Waals surface area contributed by atoms with Crippen LogP contribution in [-0.4, -0.2) is 87.9 Å². The fourth-order valence-corrected chi connectivity index (χ4v) is 5.38. The van der Waals surface area contributed by atoms with Gasteiger partial charge in [0.05, 0.1) is 35.1 Å². The highest BCUT2D eigenvalue weighted by Gasteiger charge is 2.29. The maximum Gasteiger partial charge on any atom is 0.155 e. The van der Waals surface area contributed by atoms with Crippen molar-refractivity contribution in [2.24, 2.45) is 0 Å². The number of nitrogens with zero attached hydrogens (tertiary/aromatic N) is 2. The van der Waals surface area contributed by atoms with Crippen LogP contribution >= 0.6 is 0 Å². The minimum atomic E-state index is -2.91. The highest BCUT2D eigenvalue weighted by molar-refractivity contribution is 7.92. The highest BCUT2D eigenvalue weighted by atomic mass is 32.2. The maximum atomic E-state index is 11.6. The van der Waals surface area contributed by atoms with Crippen molar-refractivity contribution in [1.29, 1.82) is 0 Å². The van der Waals surface area contributed by atoms with E-state index in [9.17, 15) is 16.8 Å². The van der Waals surface area contributed by atoms with Gasteiger partial charge in [-0.15, -0.1) is 0 Å². The van der Waals surface area contributed by atoms with Crippen molar-refractivity contribution >= 4 is 19.7 Å². The topological polar surface area (TPSA) is 74.8 Å². The lowest BCUT2D eigenvalue weighted by molar-refractivity contribution is 0.306. The summed E-state index contributed by atoms with van der Waals surface area (Å²) in [7, 11) is -5.83. The zero-order valence-corrected chi connectivity index (χ0v) is 14.8. The normalized spacial score (nSPS) is 32.1. The first kappa shape index (κ1) is 17.7. The molecule has 126 valence electrons. The lowest BCUT2D eigenvalue weighted by atomic mass is 10.3. The van der Waals surface area contributed by atoms with Gasteiger partial charge in [-0.2, -0.15) is 0 Å². The predicted molar refractivity (Wildman–Crippen MR) is 87.2 cm³/mol. The Balaban J connectivity index is 1.77. The molecule has 0 aromatic carbocycles. The predicted octanol–water partition coefficient (Wildman–Crippen LogP) is -0.772. The van der Waals surface area contributed by atoms with E-state index in [0.29, 0.717) is 39.3 Å². The fraction of sp³-hybridized carbons (Fsp3) is 0.857. The molecule has 0 radical (unpaired) electrons. The molecule has 2 rings (SSSR count). The number of rotatable bonds is 2. The number of sulfone groups is 2. The quantitative estimate of drug-likeness (QED) is 0.610. The van der Waals surface area contributed by atoms with Crippen LogP contribution in [0.5, 0.6) is 0 Å². The molecule has 22 heavy (non-hydrogen) atoms. The Labute approximate surface area is 133 Å². The number of hydrogen-bond acceptors (Lipinski definition) is 6. The van der Waals surface area contributed by atoms with Crippen molar-refractivity contribution in [2.75, 3.05) is 50.8 Å². The molecule has 0 aromatic heterocycles. The van der Waals surface area contributed by atoms with Gasteiger partial charge in [0.25, 0.3) is 0 Å². The molecule has 2 aliphatic rings. The summed E-state index contributed by atoms with van der Waals surface area (Å²) in [6, 6.07) is 0. The summed E-state index contributed by atoms with van der Waals surface area (Å²) in [4.78, 5) is 4.12. The Morgan fingerprint density at radius 2 is 1.18 bits per heavy atom. The Morgan fingerprint density at radius 3 is 1.50 bits per heavy atom. The van der Waals surface area contributed by atoms with Gasteiger partial charge in [0, 0.05) is 26.2 Å². The molecule has 0 aliphatic carbocycles. The van der Waals surface area contributed by atoms with Gasteiger partial charge in [0.2, 0.25) is 0 Å². The van der Waals surface area contributed by atoms with Crippen LogP contribution in [0.25, 0.3) is 0 Å². The maximum absolute atomic E-state index is 11.6. The molecular formula is C14H24N2O4S2. The first-order chi connectivity index (χ1) is 10.2. The fourth-order valence-electron chi connectivity index (χ4n) is 2.67. The second-order valence-electron chi connectivity index (χ2n) is 6.18. The lowest BCUT2D eigenvalue weighted by Crippen LogP contribution is -2.46. The molecule has 0 N–H and O–H groups in total. The molecule has 0 amide bonds. The molecule has 0 saturated carbocycles. The summed E-state index contributed by atoms with van der Waals surface area (Å²) in [6.07, 6.45) is 0. The van der Waals surface area contributed by atoms with Crippen molar-refractivity contribution in [1.82, 2.24) is 9.80 Å². The molecule has 0 spiro atoms. The first-order valence-corrected chi connectivity index (χ1v) is 11.0. The molecule has 8 heteroatoms. The second-order valence-corrected chi connectivity index (χ2v) is 11.3. The van der Waals surface area contributed by atoms with Gasteiger partial charge < -0.3 is 0 Å². The monoisotopic (exact) mass is 348 g/mol. The van der Waals surface area contributed by atoms with Crippen LogP contribution in [0.1, 0.15) is 13.8 Å². The molecule has 2 atom stereocenters.